The summed E-state index contributed by atoms with van der Waals surface area (Å²) < 4.78 is 1.02. The van der Waals surface area contributed by atoms with E-state index in [1.54, 1.807) is 0 Å². The smallest absolute Gasteiger partial charge is 0.241 e. The number of hydrogen-bond acceptors (Lipinski definition) is 2. The van der Waals surface area contributed by atoms with Crippen LogP contribution in [0.3, 0.4) is 0 Å². The Hall–Kier alpha value is -0.870. The molecule has 1 fully saturated rings. The second kappa shape index (κ2) is 5.65. The maximum absolute atomic E-state index is 12.0. The first-order chi connectivity index (χ1) is 8.18. The van der Waals surface area contributed by atoms with Gasteiger partial charge in [0.2, 0.25) is 5.91 Å². The Morgan fingerprint density at radius 3 is 3.00 bits per heavy atom. The zero-order valence-electron chi connectivity index (χ0n) is 9.92. The lowest BCUT2D eigenvalue weighted by Crippen LogP contribution is -2.43. The molecule has 2 rings (SSSR count). The molecule has 0 bridgehead atoms. The highest BCUT2D eigenvalue weighted by molar-refractivity contribution is 9.10. The van der Waals surface area contributed by atoms with Gasteiger partial charge in [-0.05, 0) is 44.0 Å². The monoisotopic (exact) mass is 296 g/mol. The summed E-state index contributed by atoms with van der Waals surface area (Å²) in [6.07, 6.45) is 3.22. The summed E-state index contributed by atoms with van der Waals surface area (Å²) in [5, 5.41) is 6.24. The number of halogens is 1. The van der Waals surface area contributed by atoms with Crippen LogP contribution in [0.5, 0.6) is 0 Å². The molecule has 1 aliphatic rings. The van der Waals surface area contributed by atoms with Crippen molar-refractivity contribution in [2.24, 2.45) is 0 Å². The predicted octanol–water partition coefficient (Wildman–Crippen LogP) is 2.84. The number of hydrogen-bond donors (Lipinski definition) is 2. The van der Waals surface area contributed by atoms with Gasteiger partial charge in [-0.1, -0.05) is 28.4 Å². The fourth-order valence-electron chi connectivity index (χ4n) is 2.04. The normalized spacial score (nSPS) is 20.0. The number of anilines is 1. The SMILES string of the molecule is Cc1c(Br)cccc1NC(=O)[C@H]1CCCCN1. The first-order valence-electron chi connectivity index (χ1n) is 5.98. The predicted molar refractivity (Wildman–Crippen MR) is 73.2 cm³/mol. The van der Waals surface area contributed by atoms with Crippen molar-refractivity contribution >= 4 is 27.5 Å². The Morgan fingerprint density at radius 2 is 2.29 bits per heavy atom. The highest BCUT2D eigenvalue weighted by atomic mass is 79.9. The largest absolute Gasteiger partial charge is 0.324 e. The molecule has 3 nitrogen and oxygen atoms in total. The summed E-state index contributed by atoms with van der Waals surface area (Å²) in [7, 11) is 0. The molecule has 0 spiro atoms. The fourth-order valence-corrected chi connectivity index (χ4v) is 2.40. The topological polar surface area (TPSA) is 41.1 Å². The van der Waals surface area contributed by atoms with E-state index < -0.39 is 0 Å². The summed E-state index contributed by atoms with van der Waals surface area (Å²) in [5.41, 5.74) is 1.95. The van der Waals surface area contributed by atoms with Gasteiger partial charge in [0.15, 0.2) is 0 Å². The molecule has 0 radical (unpaired) electrons. The summed E-state index contributed by atoms with van der Waals surface area (Å²) in [6, 6.07) is 5.80. The minimum Gasteiger partial charge on any atom is -0.324 e. The molecule has 1 saturated heterocycles. The lowest BCUT2D eigenvalue weighted by atomic mass is 10.0. The van der Waals surface area contributed by atoms with Gasteiger partial charge in [-0.2, -0.15) is 0 Å². The number of carbonyl (C=O) groups excluding carboxylic acids is 1. The number of amides is 1. The molecule has 1 aromatic rings. The van der Waals surface area contributed by atoms with Crippen molar-refractivity contribution in [2.75, 3.05) is 11.9 Å². The van der Waals surface area contributed by atoms with E-state index in [1.807, 2.05) is 25.1 Å². The van der Waals surface area contributed by atoms with Crippen LogP contribution in [-0.2, 0) is 4.79 Å². The van der Waals surface area contributed by atoms with Gasteiger partial charge in [0.25, 0.3) is 0 Å². The maximum Gasteiger partial charge on any atom is 0.241 e. The molecule has 1 aromatic carbocycles. The van der Waals surface area contributed by atoms with Gasteiger partial charge < -0.3 is 10.6 Å². The Bertz CT molecular complexity index is 414. The van der Waals surface area contributed by atoms with E-state index in [2.05, 4.69) is 26.6 Å². The van der Waals surface area contributed by atoms with Crippen molar-refractivity contribution in [3.05, 3.63) is 28.2 Å². The van der Waals surface area contributed by atoms with Crippen LogP contribution in [0.15, 0.2) is 22.7 Å². The highest BCUT2D eigenvalue weighted by Crippen LogP contribution is 2.23. The van der Waals surface area contributed by atoms with Crippen LogP contribution in [-0.4, -0.2) is 18.5 Å². The van der Waals surface area contributed by atoms with Crippen molar-refractivity contribution in [3.63, 3.8) is 0 Å². The average Bonchev–Trinajstić information content (AvgIpc) is 2.36. The van der Waals surface area contributed by atoms with Crippen LogP contribution in [0.25, 0.3) is 0 Å². The van der Waals surface area contributed by atoms with Gasteiger partial charge in [0, 0.05) is 10.2 Å². The van der Waals surface area contributed by atoms with Gasteiger partial charge in [-0.15, -0.1) is 0 Å². The molecule has 1 heterocycles. The lowest BCUT2D eigenvalue weighted by Gasteiger charge is -2.23. The lowest BCUT2D eigenvalue weighted by molar-refractivity contribution is -0.118. The number of carbonyl (C=O) groups is 1. The van der Waals surface area contributed by atoms with E-state index in [9.17, 15) is 4.79 Å². The Morgan fingerprint density at radius 1 is 1.47 bits per heavy atom. The molecule has 17 heavy (non-hydrogen) atoms. The number of piperidine rings is 1. The Balaban J connectivity index is 2.04. The van der Waals surface area contributed by atoms with Crippen molar-refractivity contribution < 1.29 is 4.79 Å². The Kier molecular flexibility index (Phi) is 4.18. The molecule has 0 aliphatic carbocycles. The van der Waals surface area contributed by atoms with Crippen molar-refractivity contribution in [2.45, 2.75) is 32.2 Å². The molecule has 0 saturated carbocycles. The minimum absolute atomic E-state index is 0.0397. The van der Waals surface area contributed by atoms with Gasteiger partial charge in [-0.3, -0.25) is 4.79 Å². The standard InChI is InChI=1S/C13H17BrN2O/c1-9-10(14)5-4-7-11(9)16-13(17)12-6-2-3-8-15-12/h4-5,7,12,15H,2-3,6,8H2,1H3,(H,16,17)/t12-/m1/s1. The quantitative estimate of drug-likeness (QED) is 0.881. The van der Waals surface area contributed by atoms with E-state index in [-0.39, 0.29) is 11.9 Å². The fraction of sp³-hybridized carbons (Fsp3) is 0.462. The third-order valence-corrected chi connectivity index (χ3v) is 4.01. The summed E-state index contributed by atoms with van der Waals surface area (Å²) in [5.74, 6) is 0.0749. The summed E-state index contributed by atoms with van der Waals surface area (Å²) in [4.78, 5) is 12.0. The first kappa shape index (κ1) is 12.6. The zero-order valence-corrected chi connectivity index (χ0v) is 11.5. The van der Waals surface area contributed by atoms with Gasteiger partial charge >= 0.3 is 0 Å². The van der Waals surface area contributed by atoms with Crippen LogP contribution in [0, 0.1) is 6.92 Å². The van der Waals surface area contributed by atoms with Crippen LogP contribution in [0.4, 0.5) is 5.69 Å². The first-order valence-corrected chi connectivity index (χ1v) is 6.77. The molecule has 4 heteroatoms. The van der Waals surface area contributed by atoms with Crippen LogP contribution in [0.2, 0.25) is 0 Å². The number of rotatable bonds is 2. The van der Waals surface area contributed by atoms with E-state index in [0.717, 1.165) is 35.1 Å². The summed E-state index contributed by atoms with van der Waals surface area (Å²) >= 11 is 3.47. The molecule has 2 N–H and O–H groups in total. The van der Waals surface area contributed by atoms with E-state index in [4.69, 9.17) is 0 Å². The van der Waals surface area contributed by atoms with Gasteiger partial charge in [0.05, 0.1) is 6.04 Å². The average molecular weight is 297 g/mol. The third-order valence-electron chi connectivity index (χ3n) is 3.15. The molecule has 0 unspecified atom stereocenters. The van der Waals surface area contributed by atoms with Crippen molar-refractivity contribution in [3.8, 4) is 0 Å². The molecular weight excluding hydrogens is 280 g/mol. The van der Waals surface area contributed by atoms with Crippen molar-refractivity contribution in [1.82, 2.24) is 5.32 Å². The van der Waals surface area contributed by atoms with Crippen LogP contribution < -0.4 is 10.6 Å². The Labute approximate surface area is 110 Å². The van der Waals surface area contributed by atoms with E-state index in [0.29, 0.717) is 0 Å². The molecule has 1 aliphatic heterocycles. The molecule has 1 atom stereocenters. The third kappa shape index (κ3) is 3.07. The van der Waals surface area contributed by atoms with Gasteiger partial charge in [0.1, 0.15) is 0 Å². The van der Waals surface area contributed by atoms with Crippen LogP contribution in [0.1, 0.15) is 24.8 Å². The second-order valence-corrected chi connectivity index (χ2v) is 5.26. The number of nitrogens with one attached hydrogen (secondary N) is 2. The van der Waals surface area contributed by atoms with Crippen LogP contribution >= 0.6 is 15.9 Å². The number of benzene rings is 1. The zero-order chi connectivity index (χ0) is 12.3. The van der Waals surface area contributed by atoms with Crippen molar-refractivity contribution in [1.29, 1.82) is 0 Å². The van der Waals surface area contributed by atoms with E-state index in [1.165, 1.54) is 6.42 Å². The van der Waals surface area contributed by atoms with Gasteiger partial charge in [-0.25, -0.2) is 0 Å². The molecule has 0 aromatic heterocycles. The highest BCUT2D eigenvalue weighted by Gasteiger charge is 2.20. The maximum atomic E-state index is 12.0. The second-order valence-electron chi connectivity index (χ2n) is 4.40. The molecular formula is C13H17BrN2O. The minimum atomic E-state index is -0.0397. The molecule has 92 valence electrons. The van der Waals surface area contributed by atoms with E-state index >= 15 is 0 Å². The summed E-state index contributed by atoms with van der Waals surface area (Å²) in [6.45, 7) is 2.93. The molecule has 1 amide bonds.